The Hall–Kier alpha value is -2.82. The normalized spacial score (nSPS) is 11.6. The van der Waals surface area contributed by atoms with Crippen molar-refractivity contribution in [3.63, 3.8) is 0 Å². The quantitative estimate of drug-likeness (QED) is 0.815. The van der Waals surface area contributed by atoms with Gasteiger partial charge in [-0.05, 0) is 25.0 Å². The van der Waals surface area contributed by atoms with Crippen LogP contribution in [0, 0.1) is 0 Å². The minimum absolute atomic E-state index is 0.114. The molecule has 0 saturated carbocycles. The standard InChI is InChI=1S/C20H25N3O2/c1-5-14(2)22-15(3)17-11-18(19(24)21-4)20(25)23(13-17)12-16-9-7-6-8-10-16/h6-11,13-14,22H,3,5,12H2,1-2,4H3,(H,21,24). The number of benzene rings is 1. The summed E-state index contributed by atoms with van der Waals surface area (Å²) in [7, 11) is 1.52. The second-order valence-corrected chi connectivity index (χ2v) is 6.07. The molecular weight excluding hydrogens is 314 g/mol. The number of nitrogens with zero attached hydrogens (tertiary/aromatic N) is 1. The summed E-state index contributed by atoms with van der Waals surface area (Å²) in [6.45, 7) is 8.60. The van der Waals surface area contributed by atoms with Crippen molar-refractivity contribution in [2.45, 2.75) is 32.9 Å². The van der Waals surface area contributed by atoms with Crippen LogP contribution in [0.1, 0.15) is 41.8 Å². The highest BCUT2D eigenvalue weighted by molar-refractivity contribution is 5.94. The van der Waals surface area contributed by atoms with E-state index in [1.807, 2.05) is 30.3 Å². The molecule has 1 atom stereocenters. The summed E-state index contributed by atoms with van der Waals surface area (Å²) < 4.78 is 1.55. The SMILES string of the molecule is C=C(NC(C)CC)c1cc(C(=O)NC)c(=O)n(Cc2ccccc2)c1. The van der Waals surface area contributed by atoms with Gasteiger partial charge in [0.2, 0.25) is 0 Å². The Bertz CT molecular complexity index is 809. The lowest BCUT2D eigenvalue weighted by Gasteiger charge is -2.18. The van der Waals surface area contributed by atoms with Gasteiger partial charge in [0.15, 0.2) is 0 Å². The zero-order valence-electron chi connectivity index (χ0n) is 15.0. The van der Waals surface area contributed by atoms with Gasteiger partial charge < -0.3 is 15.2 Å². The van der Waals surface area contributed by atoms with E-state index in [2.05, 4.69) is 31.1 Å². The minimum atomic E-state index is -0.398. The maximum Gasteiger partial charge on any atom is 0.263 e. The summed E-state index contributed by atoms with van der Waals surface area (Å²) >= 11 is 0. The molecule has 1 amide bonds. The van der Waals surface area contributed by atoms with Crippen molar-refractivity contribution in [2.24, 2.45) is 0 Å². The van der Waals surface area contributed by atoms with Gasteiger partial charge in [-0.25, -0.2) is 0 Å². The third-order valence-electron chi connectivity index (χ3n) is 4.13. The molecule has 0 aliphatic rings. The second kappa shape index (κ2) is 8.33. The van der Waals surface area contributed by atoms with Gasteiger partial charge in [0.05, 0.1) is 6.54 Å². The Labute approximate surface area is 148 Å². The van der Waals surface area contributed by atoms with E-state index in [-0.39, 0.29) is 17.2 Å². The molecule has 2 N–H and O–H groups in total. The van der Waals surface area contributed by atoms with E-state index < -0.39 is 5.91 Å². The van der Waals surface area contributed by atoms with E-state index in [9.17, 15) is 9.59 Å². The number of carbonyl (C=O) groups is 1. The Morgan fingerprint density at radius 2 is 1.96 bits per heavy atom. The molecule has 0 aliphatic carbocycles. The van der Waals surface area contributed by atoms with Crippen molar-refractivity contribution >= 4 is 11.6 Å². The van der Waals surface area contributed by atoms with E-state index in [0.717, 1.165) is 17.5 Å². The molecule has 5 nitrogen and oxygen atoms in total. The largest absolute Gasteiger partial charge is 0.383 e. The second-order valence-electron chi connectivity index (χ2n) is 6.07. The zero-order valence-corrected chi connectivity index (χ0v) is 15.0. The Kier molecular flexibility index (Phi) is 6.17. The highest BCUT2D eigenvalue weighted by atomic mass is 16.2. The molecule has 0 saturated heterocycles. The average molecular weight is 339 g/mol. The summed E-state index contributed by atoms with van der Waals surface area (Å²) in [6, 6.07) is 11.5. The van der Waals surface area contributed by atoms with Crippen LogP contribution in [0.3, 0.4) is 0 Å². The fourth-order valence-electron chi connectivity index (χ4n) is 2.48. The van der Waals surface area contributed by atoms with Crippen molar-refractivity contribution in [2.75, 3.05) is 7.05 Å². The lowest BCUT2D eigenvalue weighted by atomic mass is 10.1. The molecule has 1 unspecified atom stereocenters. The molecule has 2 rings (SSSR count). The first-order valence-electron chi connectivity index (χ1n) is 8.42. The van der Waals surface area contributed by atoms with Crippen LogP contribution in [0.2, 0.25) is 0 Å². The van der Waals surface area contributed by atoms with E-state index in [4.69, 9.17) is 0 Å². The van der Waals surface area contributed by atoms with Gasteiger partial charge in [0.1, 0.15) is 5.56 Å². The van der Waals surface area contributed by atoms with Crippen molar-refractivity contribution in [1.29, 1.82) is 0 Å². The lowest BCUT2D eigenvalue weighted by Crippen LogP contribution is -2.32. The number of hydrogen-bond acceptors (Lipinski definition) is 3. The van der Waals surface area contributed by atoms with Gasteiger partial charge in [-0.15, -0.1) is 0 Å². The summed E-state index contributed by atoms with van der Waals surface area (Å²) in [5.74, 6) is -0.398. The maximum atomic E-state index is 12.7. The van der Waals surface area contributed by atoms with Gasteiger partial charge in [-0.3, -0.25) is 9.59 Å². The van der Waals surface area contributed by atoms with Crippen LogP contribution in [-0.2, 0) is 6.54 Å². The van der Waals surface area contributed by atoms with E-state index in [1.165, 1.54) is 7.05 Å². The van der Waals surface area contributed by atoms with Crippen LogP contribution in [0.5, 0.6) is 0 Å². The molecule has 1 heterocycles. The molecule has 1 aromatic heterocycles. The minimum Gasteiger partial charge on any atom is -0.383 e. The van der Waals surface area contributed by atoms with Crippen LogP contribution in [0.15, 0.2) is 54.0 Å². The number of aromatic nitrogens is 1. The van der Waals surface area contributed by atoms with Gasteiger partial charge in [0, 0.05) is 30.5 Å². The summed E-state index contributed by atoms with van der Waals surface area (Å²) in [4.78, 5) is 24.8. The maximum absolute atomic E-state index is 12.7. The highest BCUT2D eigenvalue weighted by Crippen LogP contribution is 2.12. The molecule has 25 heavy (non-hydrogen) atoms. The Balaban J connectivity index is 2.46. The van der Waals surface area contributed by atoms with Crippen LogP contribution in [0.25, 0.3) is 5.70 Å². The van der Waals surface area contributed by atoms with Gasteiger partial charge in [0.25, 0.3) is 11.5 Å². The Morgan fingerprint density at radius 3 is 2.56 bits per heavy atom. The van der Waals surface area contributed by atoms with Crippen molar-refractivity contribution in [1.82, 2.24) is 15.2 Å². The molecule has 2 aromatic rings. The summed E-state index contributed by atoms with van der Waals surface area (Å²) in [6.07, 6.45) is 2.70. The fourth-order valence-corrected chi connectivity index (χ4v) is 2.48. The zero-order chi connectivity index (χ0) is 18.4. The molecular formula is C20H25N3O2. The van der Waals surface area contributed by atoms with Crippen LogP contribution in [0.4, 0.5) is 0 Å². The molecule has 1 aromatic carbocycles. The van der Waals surface area contributed by atoms with Crippen molar-refractivity contribution in [3.8, 4) is 0 Å². The number of rotatable bonds is 7. The van der Waals surface area contributed by atoms with E-state index in [0.29, 0.717) is 12.2 Å². The van der Waals surface area contributed by atoms with Crippen molar-refractivity contribution in [3.05, 3.63) is 76.2 Å². The molecule has 5 heteroatoms. The first-order valence-corrected chi connectivity index (χ1v) is 8.42. The molecule has 0 aliphatic heterocycles. The van der Waals surface area contributed by atoms with Crippen LogP contribution in [-0.4, -0.2) is 23.6 Å². The Morgan fingerprint density at radius 1 is 1.28 bits per heavy atom. The molecule has 132 valence electrons. The van der Waals surface area contributed by atoms with Gasteiger partial charge in [-0.2, -0.15) is 0 Å². The number of nitrogens with one attached hydrogen (secondary N) is 2. The highest BCUT2D eigenvalue weighted by Gasteiger charge is 2.15. The fraction of sp³-hybridized carbons (Fsp3) is 0.300. The number of hydrogen-bond donors (Lipinski definition) is 2. The monoisotopic (exact) mass is 339 g/mol. The smallest absolute Gasteiger partial charge is 0.263 e. The van der Waals surface area contributed by atoms with Gasteiger partial charge in [-0.1, -0.05) is 43.8 Å². The predicted octanol–water partition coefficient (Wildman–Crippen LogP) is 2.62. The predicted molar refractivity (Wildman–Crippen MR) is 102 cm³/mol. The summed E-state index contributed by atoms with van der Waals surface area (Å²) in [5, 5.41) is 5.83. The number of pyridine rings is 1. The topological polar surface area (TPSA) is 63.1 Å². The molecule has 0 radical (unpaired) electrons. The van der Waals surface area contributed by atoms with E-state index in [1.54, 1.807) is 16.8 Å². The molecule has 0 bridgehead atoms. The van der Waals surface area contributed by atoms with Crippen molar-refractivity contribution < 1.29 is 4.79 Å². The first-order chi connectivity index (χ1) is 12.0. The third-order valence-corrected chi connectivity index (χ3v) is 4.13. The molecule has 0 fully saturated rings. The number of carbonyl (C=O) groups excluding carboxylic acids is 1. The van der Waals surface area contributed by atoms with E-state index >= 15 is 0 Å². The van der Waals surface area contributed by atoms with Gasteiger partial charge >= 0.3 is 0 Å². The molecule has 0 spiro atoms. The lowest BCUT2D eigenvalue weighted by molar-refractivity contribution is 0.0961. The van der Waals surface area contributed by atoms with Crippen LogP contribution >= 0.6 is 0 Å². The number of amides is 1. The first kappa shape index (κ1) is 18.5. The average Bonchev–Trinajstić information content (AvgIpc) is 2.63. The third kappa shape index (κ3) is 4.59. The summed E-state index contributed by atoms with van der Waals surface area (Å²) in [5.41, 5.74) is 2.21. The van der Waals surface area contributed by atoms with Crippen LogP contribution < -0.4 is 16.2 Å².